The lowest BCUT2D eigenvalue weighted by atomic mass is 9.94. The van der Waals surface area contributed by atoms with Gasteiger partial charge in [0, 0.05) is 35.8 Å². The number of hydrogen-bond acceptors (Lipinski definition) is 7. The van der Waals surface area contributed by atoms with E-state index < -0.39 is 6.04 Å². The smallest absolute Gasteiger partial charge is 0.255 e. The molecule has 186 valence electrons. The van der Waals surface area contributed by atoms with Crippen LogP contribution < -0.4 is 20.1 Å². The van der Waals surface area contributed by atoms with Crippen molar-refractivity contribution in [2.75, 3.05) is 23.8 Å². The Labute approximate surface area is 214 Å². The van der Waals surface area contributed by atoms with Crippen molar-refractivity contribution in [2.24, 2.45) is 0 Å². The Balaban J connectivity index is 1.45. The van der Waals surface area contributed by atoms with E-state index in [0.717, 1.165) is 23.1 Å². The number of pyridine rings is 1. The van der Waals surface area contributed by atoms with Crippen LogP contribution in [0.15, 0.2) is 78.3 Å². The predicted octanol–water partition coefficient (Wildman–Crippen LogP) is 4.74. The van der Waals surface area contributed by atoms with Crippen molar-refractivity contribution < 1.29 is 14.3 Å². The van der Waals surface area contributed by atoms with Crippen LogP contribution >= 0.6 is 0 Å². The fourth-order valence-corrected chi connectivity index (χ4v) is 4.56. The quantitative estimate of drug-likeness (QED) is 0.422. The second-order valence-electron chi connectivity index (χ2n) is 9.09. The molecule has 0 bridgehead atoms. The first-order valence-corrected chi connectivity index (χ1v) is 12.2. The van der Waals surface area contributed by atoms with Crippen LogP contribution in [0.2, 0.25) is 0 Å². The molecule has 4 aromatic rings. The number of ether oxygens (including phenoxy) is 2. The maximum Gasteiger partial charge on any atom is 0.255 e. The van der Waals surface area contributed by atoms with Crippen LogP contribution in [0.3, 0.4) is 0 Å². The molecular formula is C28H26N6O3. The van der Waals surface area contributed by atoms with E-state index in [1.807, 2.05) is 68.4 Å². The summed E-state index contributed by atoms with van der Waals surface area (Å²) in [4.78, 5) is 22.7. The molecule has 0 spiro atoms. The largest absolute Gasteiger partial charge is 0.490 e. The highest BCUT2D eigenvalue weighted by Gasteiger charge is 2.35. The second-order valence-corrected chi connectivity index (χ2v) is 9.09. The summed E-state index contributed by atoms with van der Waals surface area (Å²) in [5, 5.41) is 11.1. The highest BCUT2D eigenvalue weighted by atomic mass is 16.5. The molecule has 0 radical (unpaired) electrons. The van der Waals surface area contributed by atoms with Crippen LogP contribution in [0.5, 0.6) is 11.5 Å². The summed E-state index contributed by atoms with van der Waals surface area (Å²) in [6, 6.07) is 16.7. The number of amides is 1. The summed E-state index contributed by atoms with van der Waals surface area (Å²) in [5.41, 5.74) is 4.68. The Morgan fingerprint density at radius 3 is 2.65 bits per heavy atom. The number of aryl methyl sites for hydroxylation is 1. The van der Waals surface area contributed by atoms with Gasteiger partial charge >= 0.3 is 0 Å². The maximum absolute atomic E-state index is 13.7. The van der Waals surface area contributed by atoms with Crippen LogP contribution in [0.4, 0.5) is 11.6 Å². The number of hydrogen-bond donors (Lipinski definition) is 2. The summed E-state index contributed by atoms with van der Waals surface area (Å²) in [5.74, 6) is 2.17. The van der Waals surface area contributed by atoms with Crippen molar-refractivity contribution in [1.82, 2.24) is 19.7 Å². The van der Waals surface area contributed by atoms with E-state index in [1.54, 1.807) is 17.1 Å². The highest BCUT2D eigenvalue weighted by Crippen LogP contribution is 2.40. The van der Waals surface area contributed by atoms with E-state index in [9.17, 15) is 4.79 Å². The molecule has 0 saturated carbocycles. The molecule has 2 aromatic carbocycles. The molecule has 2 N–H and O–H groups in total. The molecule has 2 aliphatic rings. The Bertz CT molecular complexity index is 1490. The summed E-state index contributed by atoms with van der Waals surface area (Å²) in [6.45, 7) is 5.06. The molecule has 37 heavy (non-hydrogen) atoms. The maximum atomic E-state index is 13.7. The minimum atomic E-state index is -0.545. The van der Waals surface area contributed by atoms with Gasteiger partial charge in [-0.15, -0.1) is 5.10 Å². The molecule has 0 aliphatic carbocycles. The van der Waals surface area contributed by atoms with E-state index in [4.69, 9.17) is 19.6 Å². The van der Waals surface area contributed by atoms with E-state index in [-0.39, 0.29) is 5.91 Å². The Kier molecular flexibility index (Phi) is 5.80. The molecular weight excluding hydrogens is 468 g/mol. The van der Waals surface area contributed by atoms with Crippen molar-refractivity contribution in [1.29, 1.82) is 0 Å². The summed E-state index contributed by atoms with van der Waals surface area (Å²) in [7, 11) is 0. The number of aromatic nitrogens is 4. The fourth-order valence-electron chi connectivity index (χ4n) is 4.56. The number of nitrogens with zero attached hydrogens (tertiary/aromatic N) is 4. The lowest BCUT2D eigenvalue weighted by molar-refractivity contribution is -0.113. The fraction of sp³-hybridized carbons (Fsp3) is 0.214. The Hall–Kier alpha value is -4.66. The summed E-state index contributed by atoms with van der Waals surface area (Å²) >= 11 is 0. The molecule has 2 aromatic heterocycles. The first-order chi connectivity index (χ1) is 18.1. The minimum absolute atomic E-state index is 0.227. The molecule has 6 rings (SSSR count). The molecule has 9 heteroatoms. The molecule has 1 amide bonds. The van der Waals surface area contributed by atoms with E-state index >= 15 is 0 Å². The lowest BCUT2D eigenvalue weighted by Gasteiger charge is -2.29. The zero-order valence-electron chi connectivity index (χ0n) is 20.6. The first-order valence-electron chi connectivity index (χ1n) is 12.2. The zero-order valence-corrected chi connectivity index (χ0v) is 20.6. The van der Waals surface area contributed by atoms with Crippen molar-refractivity contribution in [3.63, 3.8) is 0 Å². The van der Waals surface area contributed by atoms with Gasteiger partial charge in [0.1, 0.15) is 6.04 Å². The van der Waals surface area contributed by atoms with Crippen LogP contribution in [0.1, 0.15) is 30.5 Å². The number of anilines is 2. The SMILES string of the molecule is CC1=C(C(=O)Nc2ccc(C)cc2)C(c2ccc3c(c2)OCCCO3)n2nc(-c3cccnc3)nc2N1. The normalized spacial score (nSPS) is 16.4. The third-order valence-corrected chi connectivity index (χ3v) is 6.41. The molecule has 0 saturated heterocycles. The van der Waals surface area contributed by atoms with Gasteiger partial charge in [-0.1, -0.05) is 23.8 Å². The van der Waals surface area contributed by atoms with Crippen LogP contribution in [0, 0.1) is 6.92 Å². The Morgan fingerprint density at radius 1 is 1.05 bits per heavy atom. The molecule has 2 aliphatic heterocycles. The van der Waals surface area contributed by atoms with Crippen molar-refractivity contribution >= 4 is 17.5 Å². The number of rotatable bonds is 4. The zero-order chi connectivity index (χ0) is 25.4. The lowest BCUT2D eigenvalue weighted by Crippen LogP contribution is -2.31. The number of carbonyl (C=O) groups excluding carboxylic acids is 1. The first kappa shape index (κ1) is 22.8. The number of nitrogens with one attached hydrogen (secondary N) is 2. The van der Waals surface area contributed by atoms with Gasteiger partial charge in [-0.05, 0) is 55.8 Å². The summed E-state index contributed by atoms with van der Waals surface area (Å²) in [6.07, 6.45) is 4.23. The van der Waals surface area contributed by atoms with Gasteiger partial charge in [0.05, 0.1) is 18.8 Å². The average Bonchev–Trinajstić information content (AvgIpc) is 3.19. The van der Waals surface area contributed by atoms with Gasteiger partial charge in [0.15, 0.2) is 17.3 Å². The van der Waals surface area contributed by atoms with E-state index in [1.165, 1.54) is 0 Å². The van der Waals surface area contributed by atoms with Crippen molar-refractivity contribution in [3.05, 3.63) is 89.4 Å². The van der Waals surface area contributed by atoms with Gasteiger partial charge in [-0.25, -0.2) is 4.68 Å². The van der Waals surface area contributed by atoms with Crippen LogP contribution in [0.25, 0.3) is 11.4 Å². The van der Waals surface area contributed by atoms with Crippen LogP contribution in [-0.4, -0.2) is 38.9 Å². The Morgan fingerprint density at radius 2 is 1.86 bits per heavy atom. The minimum Gasteiger partial charge on any atom is -0.490 e. The second kappa shape index (κ2) is 9.42. The molecule has 1 unspecified atom stereocenters. The average molecular weight is 495 g/mol. The topological polar surface area (TPSA) is 103 Å². The van der Waals surface area contributed by atoms with Gasteiger partial charge in [-0.3, -0.25) is 9.78 Å². The van der Waals surface area contributed by atoms with Gasteiger partial charge < -0.3 is 20.1 Å². The molecule has 0 fully saturated rings. The third-order valence-electron chi connectivity index (χ3n) is 6.41. The van der Waals surface area contributed by atoms with Gasteiger partial charge in [-0.2, -0.15) is 4.98 Å². The van der Waals surface area contributed by atoms with Gasteiger partial charge in [0.25, 0.3) is 5.91 Å². The van der Waals surface area contributed by atoms with Gasteiger partial charge in [0.2, 0.25) is 5.95 Å². The number of carbonyl (C=O) groups is 1. The third kappa shape index (κ3) is 4.40. The predicted molar refractivity (Wildman–Crippen MR) is 140 cm³/mol. The standard InChI is InChI=1S/C28H26N6O3/c1-17-6-9-21(10-7-17)31-27(35)24-18(2)30-28-32-26(20-5-3-12-29-16-20)33-34(28)25(24)19-8-11-22-23(15-19)37-14-4-13-36-22/h3,5-12,15-16,25H,4,13-14H2,1-2H3,(H,31,35)(H,30,32,33). The van der Waals surface area contributed by atoms with Crippen molar-refractivity contribution in [2.45, 2.75) is 26.3 Å². The van der Waals surface area contributed by atoms with Crippen LogP contribution in [-0.2, 0) is 4.79 Å². The highest BCUT2D eigenvalue weighted by molar-refractivity contribution is 6.06. The molecule has 4 heterocycles. The number of fused-ring (bicyclic) bond motifs is 2. The number of allylic oxidation sites excluding steroid dienone is 1. The van der Waals surface area contributed by atoms with E-state index in [0.29, 0.717) is 53.4 Å². The monoisotopic (exact) mass is 494 g/mol. The van der Waals surface area contributed by atoms with E-state index in [2.05, 4.69) is 15.6 Å². The van der Waals surface area contributed by atoms with Crippen molar-refractivity contribution in [3.8, 4) is 22.9 Å². The molecule has 9 nitrogen and oxygen atoms in total. The molecule has 1 atom stereocenters. The number of benzene rings is 2. The summed E-state index contributed by atoms with van der Waals surface area (Å²) < 4.78 is 13.5.